The maximum atomic E-state index is 13.3. The monoisotopic (exact) mass is 820 g/mol. The van der Waals surface area contributed by atoms with Crippen molar-refractivity contribution in [1.29, 1.82) is 0 Å². The molecule has 4 aliphatic heterocycles. The highest BCUT2D eigenvalue weighted by atomic mass is 16.2. The first-order chi connectivity index (χ1) is 29.2. The zero-order valence-electron chi connectivity index (χ0n) is 36.5. The Morgan fingerprint density at radius 3 is 2.33 bits per heavy atom. The standard InChI is InChI=1S/C43H53N9O4.2C2H6/c1-29(8-13-41(54)45-28-53)52-27-35-34(43(52)56)5-3-6-38(35)51-17-14-30(15-18-51)26-49-19-21-50(22-20-49)33-11-9-31(10-12-33)42(55)47-40-24-36-32(25-44-40)23-37(46-36)39-7-4-16-48(39)2;2*1-2/h3,5-6,9-12,23-25,28-30,39,46H,4,7-8,13-22,26-27H2,1-2H3,(H,44,47,55)(H,45,53,54);2*1-2H3. The van der Waals surface area contributed by atoms with Crippen LogP contribution >= 0.6 is 0 Å². The number of H-pyrrole nitrogens is 1. The fourth-order valence-electron chi connectivity index (χ4n) is 9.15. The molecule has 3 N–H and O–H groups in total. The lowest BCUT2D eigenvalue weighted by Gasteiger charge is -2.40. The number of nitrogens with one attached hydrogen (secondary N) is 3. The van der Waals surface area contributed by atoms with Gasteiger partial charge in [-0.1, -0.05) is 33.8 Å². The number of fused-ring (bicyclic) bond motifs is 2. The average Bonchev–Trinajstić information content (AvgIpc) is 4.01. The predicted octanol–water partition coefficient (Wildman–Crippen LogP) is 7.07. The lowest BCUT2D eigenvalue weighted by Crippen LogP contribution is -2.49. The number of imide groups is 1. The SMILES string of the molecule is CC.CC.CC(CCC(=O)NC=O)N1Cc2c(cccc2N2CCC(CN3CCN(c4ccc(C(=O)Nc5cc6[nH]c(C7CCCN7C)cc6cn5)cc4)CC3)CC2)C1=O. The minimum absolute atomic E-state index is 0.0145. The first-order valence-corrected chi connectivity index (χ1v) is 22.2. The second-order valence-electron chi connectivity index (χ2n) is 16.0. The van der Waals surface area contributed by atoms with Crippen LogP contribution in [0.5, 0.6) is 0 Å². The fraction of sp³-hybridized carbons (Fsp3) is 0.511. The molecule has 0 aliphatic carbocycles. The maximum absolute atomic E-state index is 13.3. The highest BCUT2D eigenvalue weighted by Gasteiger charge is 2.34. The third kappa shape index (κ3) is 10.2. The van der Waals surface area contributed by atoms with E-state index < -0.39 is 0 Å². The molecule has 4 aliphatic rings. The number of benzene rings is 2. The van der Waals surface area contributed by atoms with E-state index >= 15 is 0 Å². The summed E-state index contributed by atoms with van der Waals surface area (Å²) in [5, 5.41) is 6.22. The van der Waals surface area contributed by atoms with Gasteiger partial charge in [0, 0.05) is 122 Å². The van der Waals surface area contributed by atoms with Crippen LogP contribution in [0.4, 0.5) is 17.2 Å². The van der Waals surface area contributed by atoms with Crippen LogP contribution in [0.2, 0.25) is 0 Å². The van der Waals surface area contributed by atoms with Crippen LogP contribution in [-0.2, 0) is 16.1 Å². The van der Waals surface area contributed by atoms with Gasteiger partial charge in [-0.15, -0.1) is 0 Å². The van der Waals surface area contributed by atoms with Crippen molar-refractivity contribution < 1.29 is 19.2 Å². The van der Waals surface area contributed by atoms with E-state index in [9.17, 15) is 19.2 Å². The lowest BCUT2D eigenvalue weighted by molar-refractivity contribution is -0.125. The van der Waals surface area contributed by atoms with Crippen molar-refractivity contribution in [2.24, 2.45) is 5.92 Å². The van der Waals surface area contributed by atoms with Crippen molar-refractivity contribution in [3.05, 3.63) is 83.2 Å². The van der Waals surface area contributed by atoms with Gasteiger partial charge in [-0.05, 0) is 101 Å². The van der Waals surface area contributed by atoms with Gasteiger partial charge < -0.3 is 25.0 Å². The smallest absolute Gasteiger partial charge is 0.256 e. The minimum Gasteiger partial charge on any atom is -0.371 e. The first kappa shape index (κ1) is 44.3. The Kier molecular flexibility index (Phi) is 15.4. The molecule has 4 aromatic rings. The van der Waals surface area contributed by atoms with Gasteiger partial charge in [0.25, 0.3) is 11.8 Å². The van der Waals surface area contributed by atoms with Crippen molar-refractivity contribution in [2.45, 2.75) is 91.8 Å². The minimum atomic E-state index is -0.323. The summed E-state index contributed by atoms with van der Waals surface area (Å²) in [5.41, 5.74) is 6.92. The number of piperidine rings is 1. The van der Waals surface area contributed by atoms with Crippen molar-refractivity contribution in [3.63, 3.8) is 0 Å². The molecule has 60 heavy (non-hydrogen) atoms. The molecule has 0 spiro atoms. The van der Waals surface area contributed by atoms with Crippen molar-refractivity contribution in [3.8, 4) is 0 Å². The summed E-state index contributed by atoms with van der Waals surface area (Å²) >= 11 is 0. The molecular formula is C47H65N9O4. The molecule has 3 saturated heterocycles. The number of amides is 4. The first-order valence-electron chi connectivity index (χ1n) is 22.2. The number of pyridine rings is 1. The molecule has 4 amide bonds. The quantitative estimate of drug-likeness (QED) is 0.128. The molecule has 2 aromatic heterocycles. The number of hydrogen-bond donors (Lipinski definition) is 3. The Hall–Kier alpha value is -5.27. The third-order valence-corrected chi connectivity index (χ3v) is 12.5. The lowest BCUT2D eigenvalue weighted by atomic mass is 9.94. The number of hydrogen-bond acceptors (Lipinski definition) is 9. The summed E-state index contributed by atoms with van der Waals surface area (Å²) in [5.74, 6) is 0.693. The number of piperazine rings is 1. The maximum Gasteiger partial charge on any atom is 0.256 e. The Labute approximate surface area is 355 Å². The highest BCUT2D eigenvalue weighted by molar-refractivity contribution is 6.04. The van der Waals surface area contributed by atoms with E-state index in [-0.39, 0.29) is 30.2 Å². The number of carbonyl (C=O) groups is 4. The second-order valence-corrected chi connectivity index (χ2v) is 16.0. The van der Waals surface area contributed by atoms with Crippen LogP contribution < -0.4 is 20.4 Å². The summed E-state index contributed by atoms with van der Waals surface area (Å²) in [6, 6.07) is 18.3. The molecule has 3 fully saturated rings. The number of likely N-dealkylation sites (tertiary alicyclic amines) is 1. The van der Waals surface area contributed by atoms with Crippen molar-refractivity contribution in [1.82, 2.24) is 30.0 Å². The van der Waals surface area contributed by atoms with E-state index in [1.807, 2.05) is 76.0 Å². The topological polar surface area (TPSA) is 137 Å². The van der Waals surface area contributed by atoms with Gasteiger partial charge in [-0.3, -0.25) is 34.3 Å². The Balaban J connectivity index is 0.00000147. The fourth-order valence-corrected chi connectivity index (χ4v) is 9.15. The predicted molar refractivity (Wildman–Crippen MR) is 241 cm³/mol. The Bertz CT molecular complexity index is 2070. The molecule has 0 radical (unpaired) electrons. The van der Waals surface area contributed by atoms with Crippen LogP contribution in [0, 0.1) is 5.92 Å². The molecule has 8 rings (SSSR count). The largest absolute Gasteiger partial charge is 0.371 e. The zero-order chi connectivity index (χ0) is 42.8. The molecule has 2 unspecified atom stereocenters. The molecule has 2 atom stereocenters. The van der Waals surface area contributed by atoms with Crippen LogP contribution in [0.3, 0.4) is 0 Å². The molecule has 2 aromatic carbocycles. The van der Waals surface area contributed by atoms with Gasteiger partial charge in [0.05, 0.1) is 5.52 Å². The Morgan fingerprint density at radius 2 is 1.65 bits per heavy atom. The van der Waals surface area contributed by atoms with E-state index in [2.05, 4.69) is 71.5 Å². The number of aromatic nitrogens is 2. The van der Waals surface area contributed by atoms with Gasteiger partial charge in [-0.2, -0.15) is 0 Å². The highest BCUT2D eigenvalue weighted by Crippen LogP contribution is 2.36. The molecular weight excluding hydrogens is 755 g/mol. The van der Waals surface area contributed by atoms with Crippen LogP contribution in [0.25, 0.3) is 10.9 Å². The van der Waals surface area contributed by atoms with E-state index in [1.54, 1.807) is 0 Å². The van der Waals surface area contributed by atoms with E-state index in [0.29, 0.717) is 42.7 Å². The van der Waals surface area contributed by atoms with Gasteiger partial charge in [0.2, 0.25) is 12.3 Å². The van der Waals surface area contributed by atoms with E-state index in [4.69, 9.17) is 0 Å². The molecule has 0 saturated carbocycles. The van der Waals surface area contributed by atoms with Gasteiger partial charge in [-0.25, -0.2) is 4.98 Å². The van der Waals surface area contributed by atoms with Crippen LogP contribution in [-0.4, -0.2) is 114 Å². The molecule has 13 heteroatoms. The van der Waals surface area contributed by atoms with Gasteiger partial charge in [0.15, 0.2) is 0 Å². The summed E-state index contributed by atoms with van der Waals surface area (Å²) in [7, 11) is 2.17. The van der Waals surface area contributed by atoms with E-state index in [0.717, 1.165) is 105 Å². The van der Waals surface area contributed by atoms with Crippen molar-refractivity contribution >= 4 is 52.2 Å². The molecule has 0 bridgehead atoms. The zero-order valence-corrected chi connectivity index (χ0v) is 36.5. The van der Waals surface area contributed by atoms with E-state index in [1.165, 1.54) is 12.1 Å². The number of aromatic amines is 1. The summed E-state index contributed by atoms with van der Waals surface area (Å²) in [6.45, 7) is 18.6. The number of rotatable bonds is 12. The van der Waals surface area contributed by atoms with Crippen molar-refractivity contribution in [2.75, 3.05) is 74.5 Å². The second kappa shape index (κ2) is 20.8. The normalized spacial score (nSPS) is 18.9. The Morgan fingerprint density at radius 1 is 0.917 bits per heavy atom. The van der Waals surface area contributed by atoms with Gasteiger partial charge >= 0.3 is 0 Å². The summed E-state index contributed by atoms with van der Waals surface area (Å²) < 4.78 is 0. The molecule has 322 valence electrons. The average molecular weight is 820 g/mol. The summed E-state index contributed by atoms with van der Waals surface area (Å²) in [4.78, 5) is 68.6. The molecule has 13 nitrogen and oxygen atoms in total. The number of carbonyl (C=O) groups excluding carboxylic acids is 4. The number of anilines is 3. The van der Waals surface area contributed by atoms with Crippen LogP contribution in [0.15, 0.2) is 60.8 Å². The molecule has 6 heterocycles. The van der Waals surface area contributed by atoms with Gasteiger partial charge in [0.1, 0.15) is 5.82 Å². The third-order valence-electron chi connectivity index (χ3n) is 12.5. The van der Waals surface area contributed by atoms with Crippen LogP contribution in [0.1, 0.15) is 111 Å². The summed E-state index contributed by atoms with van der Waals surface area (Å²) in [6.07, 6.45) is 7.51. The number of nitrogens with zero attached hydrogens (tertiary/aromatic N) is 6.